The molecule has 0 aliphatic carbocycles. The Morgan fingerprint density at radius 3 is 2.80 bits per heavy atom. The summed E-state index contributed by atoms with van der Waals surface area (Å²) in [6.45, 7) is 4.04. The number of rotatable bonds is 2. The van der Waals surface area contributed by atoms with Gasteiger partial charge in [0.1, 0.15) is 11.5 Å². The standard InChI is InChI=1S/C13H12ClFN5/c1-8(2)19-7-17-20-12(14)4-11(18-13(19)20)9-3-10(15)6-16-5-9/h3-8H,1-2H3/q+1. The molecule has 3 rings (SSSR count). The van der Waals surface area contributed by atoms with Gasteiger partial charge < -0.3 is 0 Å². The van der Waals surface area contributed by atoms with Crippen LogP contribution >= 0.6 is 11.6 Å². The van der Waals surface area contributed by atoms with Crippen LogP contribution in [0.1, 0.15) is 19.9 Å². The Balaban J connectivity index is 2.25. The van der Waals surface area contributed by atoms with E-state index in [1.165, 1.54) is 10.6 Å². The fourth-order valence-electron chi connectivity index (χ4n) is 1.95. The molecule has 0 fully saturated rings. The van der Waals surface area contributed by atoms with Gasteiger partial charge in [-0.25, -0.2) is 8.96 Å². The highest BCUT2D eigenvalue weighted by Crippen LogP contribution is 2.21. The Kier molecular flexibility index (Phi) is 3.10. The molecule has 3 aromatic heterocycles. The minimum atomic E-state index is -0.412. The lowest BCUT2D eigenvalue weighted by molar-refractivity contribution is -0.694. The van der Waals surface area contributed by atoms with E-state index in [-0.39, 0.29) is 6.04 Å². The molecule has 5 nitrogen and oxygen atoms in total. The van der Waals surface area contributed by atoms with Crippen molar-refractivity contribution in [1.29, 1.82) is 0 Å². The van der Waals surface area contributed by atoms with Crippen molar-refractivity contribution >= 4 is 17.4 Å². The number of aromatic nitrogens is 5. The average molecular weight is 293 g/mol. The molecule has 0 spiro atoms. The maximum absolute atomic E-state index is 13.3. The summed E-state index contributed by atoms with van der Waals surface area (Å²) in [5.41, 5.74) is 1.13. The second kappa shape index (κ2) is 4.79. The fourth-order valence-corrected chi connectivity index (χ4v) is 2.18. The summed E-state index contributed by atoms with van der Waals surface area (Å²) in [5.74, 6) is 0.192. The van der Waals surface area contributed by atoms with Gasteiger partial charge in [-0.15, -0.1) is 4.98 Å². The van der Waals surface area contributed by atoms with Crippen LogP contribution in [0.25, 0.3) is 17.0 Å². The monoisotopic (exact) mass is 292 g/mol. The first kappa shape index (κ1) is 12.9. The molecule has 0 aromatic carbocycles. The second-order valence-electron chi connectivity index (χ2n) is 4.70. The minimum absolute atomic E-state index is 0.192. The SMILES string of the molecule is CC(C)[n+]1cnn2c(Cl)cc(-c3cncc(F)c3)nc21. The largest absolute Gasteiger partial charge is 0.388 e. The number of nitrogens with zero attached hydrogens (tertiary/aromatic N) is 5. The molecule has 0 bridgehead atoms. The van der Waals surface area contributed by atoms with Crippen molar-refractivity contribution in [3.63, 3.8) is 0 Å². The Hall–Kier alpha value is -2.08. The zero-order chi connectivity index (χ0) is 14.3. The van der Waals surface area contributed by atoms with E-state index < -0.39 is 5.82 Å². The molecule has 20 heavy (non-hydrogen) atoms. The molecule has 0 saturated carbocycles. The number of pyridine rings is 1. The van der Waals surface area contributed by atoms with Crippen LogP contribution in [-0.2, 0) is 0 Å². The van der Waals surface area contributed by atoms with Crippen LogP contribution < -0.4 is 4.57 Å². The Bertz CT molecular complexity index is 784. The summed E-state index contributed by atoms with van der Waals surface area (Å²) in [5, 5.41) is 4.60. The van der Waals surface area contributed by atoms with E-state index >= 15 is 0 Å². The third-order valence-electron chi connectivity index (χ3n) is 2.95. The molecule has 0 N–H and O–H groups in total. The van der Waals surface area contributed by atoms with E-state index in [0.29, 0.717) is 22.2 Å². The molecule has 0 atom stereocenters. The quantitative estimate of drug-likeness (QED) is 0.538. The topological polar surface area (TPSA) is 47.0 Å². The molecule has 0 unspecified atom stereocenters. The third kappa shape index (κ3) is 2.12. The Labute approximate surface area is 119 Å². The van der Waals surface area contributed by atoms with Gasteiger partial charge >= 0.3 is 5.78 Å². The summed E-state index contributed by atoms with van der Waals surface area (Å²) in [7, 11) is 0. The second-order valence-corrected chi connectivity index (χ2v) is 5.09. The van der Waals surface area contributed by atoms with Crippen LogP contribution in [0, 0.1) is 5.82 Å². The van der Waals surface area contributed by atoms with E-state index in [0.717, 1.165) is 6.20 Å². The zero-order valence-corrected chi connectivity index (χ0v) is 11.7. The molecule has 7 heteroatoms. The molecule has 102 valence electrons. The maximum atomic E-state index is 13.3. The van der Waals surface area contributed by atoms with Gasteiger partial charge in [-0.05, 0) is 36.6 Å². The summed E-state index contributed by atoms with van der Waals surface area (Å²) >= 11 is 6.20. The molecule has 0 aliphatic rings. The molecule has 3 heterocycles. The van der Waals surface area contributed by atoms with Crippen molar-refractivity contribution in [2.45, 2.75) is 19.9 Å². The predicted octanol–water partition coefficient (Wildman–Crippen LogP) is 2.45. The normalized spacial score (nSPS) is 11.4. The van der Waals surface area contributed by atoms with Gasteiger partial charge in [0.05, 0.1) is 12.2 Å². The summed E-state index contributed by atoms with van der Waals surface area (Å²) in [6.07, 6.45) is 4.37. The van der Waals surface area contributed by atoms with Crippen LogP contribution in [-0.4, -0.2) is 19.6 Å². The van der Waals surface area contributed by atoms with Crippen molar-refractivity contribution in [3.8, 4) is 11.3 Å². The van der Waals surface area contributed by atoms with Gasteiger partial charge in [-0.1, -0.05) is 4.52 Å². The highest BCUT2D eigenvalue weighted by atomic mass is 35.5. The van der Waals surface area contributed by atoms with Gasteiger partial charge in [0.25, 0.3) is 0 Å². The molecular weight excluding hydrogens is 281 g/mol. The van der Waals surface area contributed by atoms with E-state index in [1.54, 1.807) is 18.6 Å². The first-order valence-corrected chi connectivity index (χ1v) is 6.50. The van der Waals surface area contributed by atoms with E-state index in [1.807, 2.05) is 18.4 Å². The van der Waals surface area contributed by atoms with Gasteiger partial charge in [0, 0.05) is 17.8 Å². The summed E-state index contributed by atoms with van der Waals surface area (Å²) < 4.78 is 16.7. The maximum Gasteiger partial charge on any atom is 0.388 e. The third-order valence-corrected chi connectivity index (χ3v) is 3.22. The molecule has 0 radical (unpaired) electrons. The first-order chi connectivity index (χ1) is 9.56. The number of hydrogen-bond acceptors (Lipinski definition) is 3. The van der Waals surface area contributed by atoms with E-state index in [4.69, 9.17) is 11.6 Å². The van der Waals surface area contributed by atoms with Gasteiger partial charge in [0.15, 0.2) is 5.15 Å². The fraction of sp³-hybridized carbons (Fsp3) is 0.231. The molecular formula is C13H12ClFN5+. The highest BCUT2D eigenvalue weighted by Gasteiger charge is 2.20. The lowest BCUT2D eigenvalue weighted by Crippen LogP contribution is -2.35. The predicted molar refractivity (Wildman–Crippen MR) is 71.8 cm³/mol. The molecule has 3 aromatic rings. The lowest BCUT2D eigenvalue weighted by atomic mass is 10.2. The van der Waals surface area contributed by atoms with Crippen molar-refractivity contribution in [2.75, 3.05) is 0 Å². The van der Waals surface area contributed by atoms with Gasteiger partial charge in [-0.2, -0.15) is 0 Å². The van der Waals surface area contributed by atoms with Gasteiger partial charge in [0.2, 0.25) is 6.33 Å². The average Bonchev–Trinajstić information content (AvgIpc) is 2.83. The van der Waals surface area contributed by atoms with Crippen molar-refractivity contribution in [1.82, 2.24) is 19.6 Å². The first-order valence-electron chi connectivity index (χ1n) is 6.12. The van der Waals surface area contributed by atoms with Crippen LogP contribution in [0.3, 0.4) is 0 Å². The lowest BCUT2D eigenvalue weighted by Gasteiger charge is -2.02. The molecule has 0 aliphatic heterocycles. The number of hydrogen-bond donors (Lipinski definition) is 0. The van der Waals surface area contributed by atoms with Crippen molar-refractivity contribution < 1.29 is 8.96 Å². The zero-order valence-electron chi connectivity index (χ0n) is 11.0. The van der Waals surface area contributed by atoms with E-state index in [9.17, 15) is 4.39 Å². The van der Waals surface area contributed by atoms with Crippen LogP contribution in [0.15, 0.2) is 30.9 Å². The highest BCUT2D eigenvalue weighted by molar-refractivity contribution is 6.29. The van der Waals surface area contributed by atoms with Crippen LogP contribution in [0.5, 0.6) is 0 Å². The summed E-state index contributed by atoms with van der Waals surface area (Å²) in [6, 6.07) is 3.21. The number of halogens is 2. The van der Waals surface area contributed by atoms with Crippen molar-refractivity contribution in [3.05, 3.63) is 41.8 Å². The summed E-state index contributed by atoms with van der Waals surface area (Å²) in [4.78, 5) is 8.33. The van der Waals surface area contributed by atoms with Crippen LogP contribution in [0.2, 0.25) is 5.15 Å². The Morgan fingerprint density at radius 2 is 2.10 bits per heavy atom. The Morgan fingerprint density at radius 1 is 1.30 bits per heavy atom. The smallest absolute Gasteiger partial charge is 0.261 e. The van der Waals surface area contributed by atoms with Crippen LogP contribution in [0.4, 0.5) is 4.39 Å². The molecule has 0 amide bonds. The van der Waals surface area contributed by atoms with Crippen molar-refractivity contribution in [2.24, 2.45) is 0 Å². The number of fused-ring (bicyclic) bond motifs is 1. The van der Waals surface area contributed by atoms with E-state index in [2.05, 4.69) is 15.1 Å². The molecule has 0 saturated heterocycles. The van der Waals surface area contributed by atoms with Gasteiger partial charge in [-0.3, -0.25) is 4.98 Å². The minimum Gasteiger partial charge on any atom is -0.261 e.